The first kappa shape index (κ1) is 19.1. The summed E-state index contributed by atoms with van der Waals surface area (Å²) >= 11 is 0. The maximum Gasteiger partial charge on any atom is 0.411 e. The Labute approximate surface area is 167 Å². The molecule has 1 unspecified atom stereocenters. The fourth-order valence-electron chi connectivity index (χ4n) is 5.24. The highest BCUT2D eigenvalue weighted by atomic mass is 16.5. The van der Waals surface area contributed by atoms with Gasteiger partial charge in [0.1, 0.15) is 0 Å². The zero-order valence-corrected chi connectivity index (χ0v) is 16.8. The van der Waals surface area contributed by atoms with Crippen molar-refractivity contribution in [1.82, 2.24) is 4.90 Å². The number of anilines is 2. The van der Waals surface area contributed by atoms with E-state index in [-0.39, 0.29) is 5.41 Å². The molecule has 1 aromatic carbocycles. The Hall–Kier alpha value is -2.24. The zero-order chi connectivity index (χ0) is 19.6. The Kier molecular flexibility index (Phi) is 5.47. The van der Waals surface area contributed by atoms with Crippen LogP contribution in [0.25, 0.3) is 0 Å². The summed E-state index contributed by atoms with van der Waals surface area (Å²) in [4.78, 5) is 29.3. The summed E-state index contributed by atoms with van der Waals surface area (Å²) in [7, 11) is 1.35. The zero-order valence-electron chi connectivity index (χ0n) is 16.8. The van der Waals surface area contributed by atoms with Crippen LogP contribution in [0, 0.1) is 5.41 Å². The minimum absolute atomic E-state index is 0.210. The monoisotopic (exact) mass is 385 g/mol. The van der Waals surface area contributed by atoms with E-state index in [1.165, 1.54) is 39.2 Å². The van der Waals surface area contributed by atoms with Gasteiger partial charge in [0.15, 0.2) is 0 Å². The molecule has 1 spiro atoms. The largest absolute Gasteiger partial charge is 0.453 e. The van der Waals surface area contributed by atoms with Gasteiger partial charge in [0.2, 0.25) is 5.91 Å². The molecule has 3 fully saturated rings. The van der Waals surface area contributed by atoms with Crippen LogP contribution in [-0.4, -0.2) is 49.7 Å². The number of amides is 2. The van der Waals surface area contributed by atoms with Gasteiger partial charge >= 0.3 is 6.09 Å². The minimum atomic E-state index is -0.468. The van der Waals surface area contributed by atoms with Crippen LogP contribution in [0.2, 0.25) is 0 Å². The Morgan fingerprint density at radius 2 is 1.82 bits per heavy atom. The van der Waals surface area contributed by atoms with Crippen molar-refractivity contribution in [2.45, 2.75) is 57.4 Å². The lowest BCUT2D eigenvalue weighted by Crippen LogP contribution is -2.49. The molecule has 152 valence electrons. The number of likely N-dealkylation sites (tertiary alicyclic amines) is 1. The molecule has 0 aromatic heterocycles. The highest BCUT2D eigenvalue weighted by Crippen LogP contribution is 2.43. The van der Waals surface area contributed by atoms with E-state index >= 15 is 0 Å². The van der Waals surface area contributed by atoms with Crippen LogP contribution in [0.4, 0.5) is 16.2 Å². The van der Waals surface area contributed by atoms with Gasteiger partial charge in [0.05, 0.1) is 12.5 Å². The van der Waals surface area contributed by atoms with Crippen LogP contribution in [0.15, 0.2) is 24.3 Å². The van der Waals surface area contributed by atoms with E-state index in [1.807, 2.05) is 24.3 Å². The van der Waals surface area contributed by atoms with Crippen molar-refractivity contribution in [3.63, 3.8) is 0 Å². The highest BCUT2D eigenvalue weighted by Gasteiger charge is 2.50. The van der Waals surface area contributed by atoms with Gasteiger partial charge in [0, 0.05) is 37.1 Å². The van der Waals surface area contributed by atoms with Crippen LogP contribution < -0.4 is 10.2 Å². The molecular weight excluding hydrogens is 354 g/mol. The first-order valence-corrected chi connectivity index (χ1v) is 10.6. The van der Waals surface area contributed by atoms with Gasteiger partial charge < -0.3 is 14.5 Å². The fourth-order valence-corrected chi connectivity index (χ4v) is 5.24. The first-order valence-electron chi connectivity index (χ1n) is 10.6. The summed E-state index contributed by atoms with van der Waals surface area (Å²) in [6.07, 6.45) is 8.78. The van der Waals surface area contributed by atoms with Crippen LogP contribution in [-0.2, 0) is 9.53 Å². The Balaban J connectivity index is 1.44. The predicted molar refractivity (Wildman–Crippen MR) is 110 cm³/mol. The third kappa shape index (κ3) is 3.69. The minimum Gasteiger partial charge on any atom is -0.453 e. The number of nitrogens with one attached hydrogen (secondary N) is 1. The summed E-state index contributed by atoms with van der Waals surface area (Å²) in [5, 5.41) is 2.68. The molecule has 1 atom stereocenters. The van der Waals surface area contributed by atoms with E-state index in [0.29, 0.717) is 17.6 Å². The standard InChI is InChI=1S/C22H31N3O3/c1-28-21(27)23-17-8-10-18(11-9-17)24-14-5-12-22(16-24)13-15-25(20(22)26)19-6-3-2-4-7-19/h8-11,19H,2-7,12-16H2,1H3,(H,23,27). The summed E-state index contributed by atoms with van der Waals surface area (Å²) < 4.78 is 4.63. The molecule has 2 saturated heterocycles. The van der Waals surface area contributed by atoms with Crippen molar-refractivity contribution in [3.8, 4) is 0 Å². The number of benzene rings is 1. The number of hydrogen-bond acceptors (Lipinski definition) is 4. The molecule has 3 aliphatic rings. The number of nitrogens with zero attached hydrogens (tertiary/aromatic N) is 2. The fraction of sp³-hybridized carbons (Fsp3) is 0.636. The summed E-state index contributed by atoms with van der Waals surface area (Å²) in [6.45, 7) is 2.71. The summed E-state index contributed by atoms with van der Waals surface area (Å²) in [6, 6.07) is 8.28. The van der Waals surface area contributed by atoms with E-state index in [4.69, 9.17) is 0 Å². The third-order valence-electron chi connectivity index (χ3n) is 6.80. The van der Waals surface area contributed by atoms with Gasteiger partial charge in [-0.25, -0.2) is 4.79 Å². The number of hydrogen-bond donors (Lipinski definition) is 1. The molecule has 1 saturated carbocycles. The number of methoxy groups -OCH3 is 1. The molecule has 2 heterocycles. The number of carbonyl (C=O) groups is 2. The molecule has 1 aliphatic carbocycles. The number of carbonyl (C=O) groups excluding carboxylic acids is 2. The molecule has 6 heteroatoms. The lowest BCUT2D eigenvalue weighted by atomic mass is 9.78. The summed E-state index contributed by atoms with van der Waals surface area (Å²) in [5.74, 6) is 0.396. The SMILES string of the molecule is COC(=O)Nc1ccc(N2CCCC3(CCN(C4CCCCC4)C3=O)C2)cc1. The van der Waals surface area contributed by atoms with Crippen molar-refractivity contribution in [3.05, 3.63) is 24.3 Å². The van der Waals surface area contributed by atoms with Gasteiger partial charge in [-0.3, -0.25) is 10.1 Å². The maximum atomic E-state index is 13.4. The number of rotatable bonds is 3. The first-order chi connectivity index (χ1) is 13.6. The van der Waals surface area contributed by atoms with E-state index in [9.17, 15) is 9.59 Å². The highest BCUT2D eigenvalue weighted by molar-refractivity contribution is 5.86. The Morgan fingerprint density at radius 3 is 2.54 bits per heavy atom. The third-order valence-corrected chi connectivity index (χ3v) is 6.80. The van der Waals surface area contributed by atoms with E-state index in [1.54, 1.807) is 0 Å². The predicted octanol–water partition coefficient (Wildman–Crippen LogP) is 4.02. The van der Waals surface area contributed by atoms with Crippen LogP contribution in [0.3, 0.4) is 0 Å². The van der Waals surface area contributed by atoms with E-state index in [0.717, 1.165) is 44.6 Å². The number of piperidine rings is 1. The maximum absolute atomic E-state index is 13.4. The molecule has 1 aromatic rings. The molecule has 0 radical (unpaired) electrons. The molecule has 6 nitrogen and oxygen atoms in total. The Morgan fingerprint density at radius 1 is 1.07 bits per heavy atom. The van der Waals surface area contributed by atoms with Crippen molar-refractivity contribution in [1.29, 1.82) is 0 Å². The smallest absolute Gasteiger partial charge is 0.411 e. The Bertz CT molecular complexity index is 714. The molecule has 4 rings (SSSR count). The lowest BCUT2D eigenvalue weighted by Gasteiger charge is -2.41. The van der Waals surface area contributed by atoms with Gasteiger partial charge in [-0.1, -0.05) is 19.3 Å². The van der Waals surface area contributed by atoms with Gasteiger partial charge in [-0.15, -0.1) is 0 Å². The van der Waals surface area contributed by atoms with Gasteiger partial charge in [0.25, 0.3) is 0 Å². The normalized spacial score (nSPS) is 26.0. The van der Waals surface area contributed by atoms with Gasteiger partial charge in [-0.2, -0.15) is 0 Å². The second-order valence-electron chi connectivity index (χ2n) is 8.51. The summed E-state index contributed by atoms with van der Waals surface area (Å²) in [5.41, 5.74) is 1.61. The number of ether oxygens (including phenoxy) is 1. The average molecular weight is 386 g/mol. The van der Waals surface area contributed by atoms with E-state index in [2.05, 4.69) is 19.9 Å². The topological polar surface area (TPSA) is 61.9 Å². The second kappa shape index (κ2) is 8.02. The molecule has 2 amide bonds. The van der Waals surface area contributed by atoms with Crippen LogP contribution in [0.1, 0.15) is 51.4 Å². The molecule has 28 heavy (non-hydrogen) atoms. The quantitative estimate of drug-likeness (QED) is 0.854. The second-order valence-corrected chi connectivity index (χ2v) is 8.51. The van der Waals surface area contributed by atoms with Crippen LogP contribution >= 0.6 is 0 Å². The molecule has 0 bridgehead atoms. The molecular formula is C22H31N3O3. The average Bonchev–Trinajstić information content (AvgIpc) is 3.04. The van der Waals surface area contributed by atoms with Gasteiger partial charge in [-0.05, 0) is 56.4 Å². The van der Waals surface area contributed by atoms with Crippen molar-refractivity contribution < 1.29 is 14.3 Å². The molecule has 1 N–H and O–H groups in total. The van der Waals surface area contributed by atoms with Crippen molar-refractivity contribution in [2.24, 2.45) is 5.41 Å². The van der Waals surface area contributed by atoms with Crippen LogP contribution in [0.5, 0.6) is 0 Å². The lowest BCUT2D eigenvalue weighted by molar-refractivity contribution is -0.138. The van der Waals surface area contributed by atoms with Crippen molar-refractivity contribution in [2.75, 3.05) is 37.0 Å². The molecule has 2 aliphatic heterocycles. The van der Waals surface area contributed by atoms with E-state index < -0.39 is 6.09 Å². The van der Waals surface area contributed by atoms with Crippen molar-refractivity contribution >= 4 is 23.4 Å².